The number of fused-ring (bicyclic) bond motifs is 3. The van der Waals surface area contributed by atoms with E-state index in [2.05, 4.69) is 45.5 Å². The van der Waals surface area contributed by atoms with E-state index in [0.29, 0.717) is 12.0 Å². The summed E-state index contributed by atoms with van der Waals surface area (Å²) in [6.07, 6.45) is 3.70. The van der Waals surface area contributed by atoms with Crippen molar-refractivity contribution in [2.45, 2.75) is 24.5 Å². The van der Waals surface area contributed by atoms with Crippen LogP contribution in [0.4, 0.5) is 5.69 Å². The first-order valence-electron chi connectivity index (χ1n) is 7.47. The predicted molar refractivity (Wildman–Crippen MR) is 82.1 cm³/mol. The van der Waals surface area contributed by atoms with E-state index in [1.807, 2.05) is 12.3 Å². The molecule has 4 heteroatoms. The number of benzene rings is 1. The molecule has 0 bridgehead atoms. The summed E-state index contributed by atoms with van der Waals surface area (Å²) in [5.41, 5.74) is 3.77. The van der Waals surface area contributed by atoms with Gasteiger partial charge in [-0.3, -0.25) is 9.88 Å². The summed E-state index contributed by atoms with van der Waals surface area (Å²) >= 11 is 0. The van der Waals surface area contributed by atoms with Crippen molar-refractivity contribution >= 4 is 5.69 Å². The van der Waals surface area contributed by atoms with E-state index in [9.17, 15) is 5.11 Å². The van der Waals surface area contributed by atoms with Gasteiger partial charge in [-0.15, -0.1) is 0 Å². The molecule has 1 saturated heterocycles. The Balaban J connectivity index is 1.60. The Kier molecular flexibility index (Phi) is 3.13. The second-order valence-corrected chi connectivity index (χ2v) is 5.84. The lowest BCUT2D eigenvalue weighted by molar-refractivity contribution is -0.0460. The first-order valence-corrected chi connectivity index (χ1v) is 7.47. The number of pyridine rings is 1. The largest absolute Gasteiger partial charge is 0.395 e. The fourth-order valence-corrected chi connectivity index (χ4v) is 3.79. The van der Waals surface area contributed by atoms with Crippen LogP contribution in [0.25, 0.3) is 0 Å². The van der Waals surface area contributed by atoms with E-state index < -0.39 is 0 Å². The molecule has 0 saturated carbocycles. The van der Waals surface area contributed by atoms with Crippen molar-refractivity contribution in [3.05, 3.63) is 59.9 Å². The molecule has 3 heterocycles. The maximum atomic E-state index is 9.82. The molecule has 2 aromatic rings. The van der Waals surface area contributed by atoms with Crippen LogP contribution in [0.15, 0.2) is 48.8 Å². The van der Waals surface area contributed by atoms with Gasteiger partial charge >= 0.3 is 0 Å². The van der Waals surface area contributed by atoms with Gasteiger partial charge in [-0.25, -0.2) is 0 Å². The van der Waals surface area contributed by atoms with Gasteiger partial charge in [0.25, 0.3) is 0 Å². The first kappa shape index (κ1) is 12.8. The number of para-hydroxylation sites is 1. The standard InChI is InChI=1S/C17H19N3O/c21-11-16-17-13-5-1-2-6-14(13)19-9-15(17)20(16)10-12-4-3-7-18-8-12/h1-8,15-17,19,21H,9-11H2/t15-,16+,17+/m1/s1. The number of aromatic nitrogens is 1. The lowest BCUT2D eigenvalue weighted by Gasteiger charge is -2.57. The fourth-order valence-electron chi connectivity index (χ4n) is 3.79. The number of anilines is 1. The minimum Gasteiger partial charge on any atom is -0.395 e. The highest BCUT2D eigenvalue weighted by molar-refractivity contribution is 5.57. The van der Waals surface area contributed by atoms with Crippen molar-refractivity contribution in [2.24, 2.45) is 0 Å². The molecule has 2 aliphatic heterocycles. The van der Waals surface area contributed by atoms with Gasteiger partial charge in [0.15, 0.2) is 0 Å². The Morgan fingerprint density at radius 2 is 2.14 bits per heavy atom. The van der Waals surface area contributed by atoms with Crippen LogP contribution >= 0.6 is 0 Å². The Hall–Kier alpha value is -1.91. The summed E-state index contributed by atoms with van der Waals surface area (Å²) in [5, 5.41) is 13.3. The van der Waals surface area contributed by atoms with Crippen molar-refractivity contribution in [3.8, 4) is 0 Å². The molecule has 4 rings (SSSR count). The molecule has 1 aromatic heterocycles. The summed E-state index contributed by atoms with van der Waals surface area (Å²) in [4.78, 5) is 6.58. The van der Waals surface area contributed by atoms with Gasteiger partial charge in [0.1, 0.15) is 0 Å². The summed E-state index contributed by atoms with van der Waals surface area (Å²) in [6.45, 7) is 2.00. The van der Waals surface area contributed by atoms with Crippen molar-refractivity contribution in [3.63, 3.8) is 0 Å². The van der Waals surface area contributed by atoms with Gasteiger partial charge in [-0.2, -0.15) is 0 Å². The van der Waals surface area contributed by atoms with E-state index in [0.717, 1.165) is 13.1 Å². The monoisotopic (exact) mass is 281 g/mol. The molecule has 2 N–H and O–H groups in total. The number of nitrogens with zero attached hydrogens (tertiary/aromatic N) is 2. The minimum atomic E-state index is 0.204. The summed E-state index contributed by atoms with van der Waals surface area (Å²) in [6, 6.07) is 13.2. The number of rotatable bonds is 3. The molecule has 0 aliphatic carbocycles. The maximum Gasteiger partial charge on any atom is 0.0593 e. The van der Waals surface area contributed by atoms with Crippen LogP contribution in [-0.4, -0.2) is 40.2 Å². The summed E-state index contributed by atoms with van der Waals surface area (Å²) in [7, 11) is 0. The van der Waals surface area contributed by atoms with Crippen LogP contribution in [0.2, 0.25) is 0 Å². The van der Waals surface area contributed by atoms with Gasteiger partial charge in [-0.05, 0) is 23.3 Å². The lowest BCUT2D eigenvalue weighted by Crippen LogP contribution is -2.66. The predicted octanol–water partition coefficient (Wildman–Crippen LogP) is 1.84. The zero-order chi connectivity index (χ0) is 14.2. The molecule has 4 nitrogen and oxygen atoms in total. The van der Waals surface area contributed by atoms with Crippen molar-refractivity contribution in [2.75, 3.05) is 18.5 Å². The summed E-state index contributed by atoms with van der Waals surface area (Å²) < 4.78 is 0. The van der Waals surface area contributed by atoms with Crippen molar-refractivity contribution in [1.29, 1.82) is 0 Å². The number of aliphatic hydroxyl groups excluding tert-OH is 1. The van der Waals surface area contributed by atoms with Crippen LogP contribution < -0.4 is 5.32 Å². The number of hydrogen-bond acceptors (Lipinski definition) is 4. The Morgan fingerprint density at radius 3 is 2.95 bits per heavy atom. The molecule has 0 spiro atoms. The molecule has 0 unspecified atom stereocenters. The SMILES string of the molecule is OC[C@H]1[C@H]2c3ccccc3NC[C@H]2N1Cc1cccnc1. The van der Waals surface area contributed by atoms with Crippen molar-refractivity contribution in [1.82, 2.24) is 9.88 Å². The molecule has 21 heavy (non-hydrogen) atoms. The average Bonchev–Trinajstić information content (AvgIpc) is 2.54. The van der Waals surface area contributed by atoms with Crippen molar-refractivity contribution < 1.29 is 5.11 Å². The normalized spacial score (nSPS) is 27.2. The third kappa shape index (κ3) is 2.03. The Labute approximate surface area is 124 Å². The molecule has 0 radical (unpaired) electrons. The van der Waals surface area contributed by atoms with Crippen LogP contribution in [0.3, 0.4) is 0 Å². The third-order valence-electron chi connectivity index (χ3n) is 4.78. The molecule has 2 aliphatic rings. The molecular formula is C17H19N3O. The molecule has 108 valence electrons. The second kappa shape index (κ2) is 5.13. The second-order valence-electron chi connectivity index (χ2n) is 5.84. The van der Waals surface area contributed by atoms with Gasteiger partial charge < -0.3 is 10.4 Å². The maximum absolute atomic E-state index is 9.82. The Morgan fingerprint density at radius 1 is 1.24 bits per heavy atom. The van der Waals surface area contributed by atoms with E-state index in [1.54, 1.807) is 6.20 Å². The fraction of sp³-hybridized carbons (Fsp3) is 0.353. The molecule has 3 atom stereocenters. The molecule has 1 aromatic carbocycles. The first-order chi connectivity index (χ1) is 10.4. The zero-order valence-electron chi connectivity index (χ0n) is 11.8. The van der Waals surface area contributed by atoms with Gasteiger partial charge in [0.05, 0.1) is 6.61 Å². The quantitative estimate of drug-likeness (QED) is 0.901. The highest BCUT2D eigenvalue weighted by Gasteiger charge is 2.50. The van der Waals surface area contributed by atoms with Crippen LogP contribution in [0.5, 0.6) is 0 Å². The van der Waals surface area contributed by atoms with E-state index in [-0.39, 0.29) is 12.6 Å². The molecule has 0 amide bonds. The van der Waals surface area contributed by atoms with E-state index >= 15 is 0 Å². The highest BCUT2D eigenvalue weighted by Crippen LogP contribution is 2.46. The number of aliphatic hydroxyl groups is 1. The lowest BCUT2D eigenvalue weighted by atomic mass is 9.72. The van der Waals surface area contributed by atoms with Gasteiger partial charge in [0.2, 0.25) is 0 Å². The van der Waals surface area contributed by atoms with Crippen LogP contribution in [0, 0.1) is 0 Å². The number of hydrogen-bond donors (Lipinski definition) is 2. The number of nitrogens with one attached hydrogen (secondary N) is 1. The average molecular weight is 281 g/mol. The van der Waals surface area contributed by atoms with E-state index in [1.165, 1.54) is 16.8 Å². The van der Waals surface area contributed by atoms with Crippen LogP contribution in [0.1, 0.15) is 17.0 Å². The van der Waals surface area contributed by atoms with E-state index in [4.69, 9.17) is 0 Å². The smallest absolute Gasteiger partial charge is 0.0593 e. The van der Waals surface area contributed by atoms with Gasteiger partial charge in [0, 0.05) is 49.2 Å². The van der Waals surface area contributed by atoms with Crippen LogP contribution in [-0.2, 0) is 6.54 Å². The highest BCUT2D eigenvalue weighted by atomic mass is 16.3. The molecule has 1 fully saturated rings. The molecular weight excluding hydrogens is 262 g/mol. The third-order valence-corrected chi connectivity index (χ3v) is 4.78. The Bertz CT molecular complexity index is 631. The topological polar surface area (TPSA) is 48.4 Å². The summed E-state index contributed by atoms with van der Waals surface area (Å²) in [5.74, 6) is 0.434. The minimum absolute atomic E-state index is 0.204. The number of likely N-dealkylation sites (tertiary alicyclic amines) is 1. The van der Waals surface area contributed by atoms with Gasteiger partial charge in [-0.1, -0.05) is 24.3 Å². The zero-order valence-corrected chi connectivity index (χ0v) is 11.8.